The maximum Gasteiger partial charge on any atom is 0.307 e. The summed E-state index contributed by atoms with van der Waals surface area (Å²) in [5, 5.41) is 5.91. The smallest absolute Gasteiger partial charge is 0.307 e. The van der Waals surface area contributed by atoms with Crippen molar-refractivity contribution in [1.82, 2.24) is 10.2 Å². The van der Waals surface area contributed by atoms with E-state index < -0.39 is 5.56 Å². The van der Waals surface area contributed by atoms with E-state index in [-0.39, 0.29) is 11.6 Å². The second-order valence-corrected chi connectivity index (χ2v) is 3.16. The van der Waals surface area contributed by atoms with Gasteiger partial charge in [-0.3, -0.25) is 4.79 Å². The summed E-state index contributed by atoms with van der Waals surface area (Å²) < 4.78 is 18.0. The number of aromatic amines is 1. The van der Waals surface area contributed by atoms with Crippen LogP contribution in [0.5, 0.6) is 5.75 Å². The van der Waals surface area contributed by atoms with Crippen molar-refractivity contribution in [3.05, 3.63) is 46.6 Å². The Labute approximate surface area is 90.7 Å². The van der Waals surface area contributed by atoms with E-state index >= 15 is 0 Å². The molecule has 0 aliphatic rings. The molecule has 1 heterocycles. The van der Waals surface area contributed by atoms with Gasteiger partial charge >= 0.3 is 5.56 Å². The molecule has 0 atom stereocenters. The Kier molecular flexibility index (Phi) is 2.68. The number of hydrogen-bond acceptors (Lipinski definition) is 3. The SMILES string of the molecule is COc1c(-c2cccc(F)c2)cn[nH]c1=O. The molecule has 0 amide bonds. The summed E-state index contributed by atoms with van der Waals surface area (Å²) in [5.41, 5.74) is 0.575. The third-order valence-corrected chi connectivity index (χ3v) is 2.15. The molecular formula is C11H9FN2O2. The number of aromatic nitrogens is 2. The van der Waals surface area contributed by atoms with Gasteiger partial charge in [-0.1, -0.05) is 12.1 Å². The number of benzene rings is 1. The highest BCUT2D eigenvalue weighted by Gasteiger charge is 2.10. The first-order chi connectivity index (χ1) is 7.72. The van der Waals surface area contributed by atoms with Crippen molar-refractivity contribution in [2.24, 2.45) is 0 Å². The minimum absolute atomic E-state index is 0.126. The molecule has 0 spiro atoms. The highest BCUT2D eigenvalue weighted by molar-refractivity contribution is 5.68. The minimum atomic E-state index is -0.440. The Balaban J connectivity index is 2.64. The first-order valence-electron chi connectivity index (χ1n) is 4.60. The molecule has 2 aromatic rings. The molecule has 5 heteroatoms. The van der Waals surface area contributed by atoms with Gasteiger partial charge in [-0.2, -0.15) is 5.10 Å². The standard InChI is InChI=1S/C11H9FN2O2/c1-16-10-9(6-13-14-11(10)15)7-3-2-4-8(12)5-7/h2-6H,1H3,(H,14,15). The molecule has 0 radical (unpaired) electrons. The largest absolute Gasteiger partial charge is 0.491 e. The number of hydrogen-bond donors (Lipinski definition) is 1. The van der Waals surface area contributed by atoms with Crippen molar-refractivity contribution >= 4 is 0 Å². The Morgan fingerprint density at radius 3 is 2.94 bits per heavy atom. The summed E-state index contributed by atoms with van der Waals surface area (Å²) in [4.78, 5) is 11.4. The maximum absolute atomic E-state index is 13.0. The number of rotatable bonds is 2. The molecule has 0 fully saturated rings. The molecule has 82 valence electrons. The van der Waals surface area contributed by atoms with Crippen LogP contribution in [0.1, 0.15) is 0 Å². The number of halogens is 1. The summed E-state index contributed by atoms with van der Waals surface area (Å²) in [5.74, 6) is -0.250. The van der Waals surface area contributed by atoms with Crippen LogP contribution in [0, 0.1) is 5.82 Å². The van der Waals surface area contributed by atoms with Crippen molar-refractivity contribution in [1.29, 1.82) is 0 Å². The third kappa shape index (κ3) is 1.79. The van der Waals surface area contributed by atoms with Crippen LogP contribution in [0.25, 0.3) is 11.1 Å². The molecule has 4 nitrogen and oxygen atoms in total. The zero-order chi connectivity index (χ0) is 11.5. The molecule has 1 aromatic carbocycles. The topological polar surface area (TPSA) is 55.0 Å². The van der Waals surface area contributed by atoms with E-state index in [4.69, 9.17) is 4.74 Å². The zero-order valence-electron chi connectivity index (χ0n) is 8.53. The fourth-order valence-electron chi connectivity index (χ4n) is 1.45. The molecule has 0 unspecified atom stereocenters. The van der Waals surface area contributed by atoms with Crippen molar-refractivity contribution in [3.8, 4) is 16.9 Å². The van der Waals surface area contributed by atoms with Crippen molar-refractivity contribution < 1.29 is 9.13 Å². The summed E-state index contributed by atoms with van der Waals surface area (Å²) in [6.45, 7) is 0. The monoisotopic (exact) mass is 220 g/mol. The maximum atomic E-state index is 13.0. The van der Waals surface area contributed by atoms with Crippen LogP contribution < -0.4 is 10.3 Å². The lowest BCUT2D eigenvalue weighted by Gasteiger charge is -2.06. The van der Waals surface area contributed by atoms with Gasteiger partial charge in [-0.25, -0.2) is 9.49 Å². The summed E-state index contributed by atoms with van der Waals surface area (Å²) >= 11 is 0. The van der Waals surface area contributed by atoms with Gasteiger partial charge in [0.2, 0.25) is 0 Å². The molecule has 2 rings (SSSR count). The Morgan fingerprint density at radius 1 is 1.44 bits per heavy atom. The Hall–Kier alpha value is -2.17. The number of ether oxygens (including phenoxy) is 1. The second-order valence-electron chi connectivity index (χ2n) is 3.16. The lowest BCUT2D eigenvalue weighted by molar-refractivity contribution is 0.408. The van der Waals surface area contributed by atoms with Crippen molar-refractivity contribution in [3.63, 3.8) is 0 Å². The number of methoxy groups -OCH3 is 1. The number of nitrogens with one attached hydrogen (secondary N) is 1. The van der Waals surface area contributed by atoms with Gasteiger partial charge in [0.25, 0.3) is 0 Å². The van der Waals surface area contributed by atoms with E-state index in [9.17, 15) is 9.18 Å². The van der Waals surface area contributed by atoms with Gasteiger partial charge < -0.3 is 4.74 Å². The highest BCUT2D eigenvalue weighted by Crippen LogP contribution is 2.25. The predicted molar refractivity (Wildman–Crippen MR) is 56.8 cm³/mol. The molecule has 0 aliphatic heterocycles. The molecule has 0 saturated carbocycles. The summed E-state index contributed by atoms with van der Waals surface area (Å²) in [6.07, 6.45) is 1.43. The van der Waals surface area contributed by atoms with E-state index in [1.54, 1.807) is 12.1 Å². The fourth-order valence-corrected chi connectivity index (χ4v) is 1.45. The molecule has 16 heavy (non-hydrogen) atoms. The van der Waals surface area contributed by atoms with Crippen LogP contribution in [0.4, 0.5) is 4.39 Å². The molecule has 0 aliphatic carbocycles. The summed E-state index contributed by atoms with van der Waals surface area (Å²) in [7, 11) is 1.38. The van der Waals surface area contributed by atoms with Crippen LogP contribution >= 0.6 is 0 Å². The minimum Gasteiger partial charge on any atom is -0.491 e. The van der Waals surface area contributed by atoms with Gasteiger partial charge in [0.15, 0.2) is 5.75 Å². The van der Waals surface area contributed by atoms with E-state index in [0.717, 1.165) is 0 Å². The van der Waals surface area contributed by atoms with Crippen LogP contribution in [0.15, 0.2) is 35.3 Å². The quantitative estimate of drug-likeness (QED) is 0.836. The summed E-state index contributed by atoms with van der Waals surface area (Å²) in [6, 6.07) is 5.89. The second kappa shape index (κ2) is 4.14. The lowest BCUT2D eigenvalue weighted by atomic mass is 10.1. The van der Waals surface area contributed by atoms with Crippen LogP contribution in [0.3, 0.4) is 0 Å². The van der Waals surface area contributed by atoms with E-state index in [2.05, 4.69) is 10.2 Å². The van der Waals surface area contributed by atoms with Gasteiger partial charge in [-0.15, -0.1) is 0 Å². The number of nitrogens with zero attached hydrogens (tertiary/aromatic N) is 1. The molecule has 0 bridgehead atoms. The van der Waals surface area contributed by atoms with Gasteiger partial charge in [0.05, 0.1) is 13.3 Å². The van der Waals surface area contributed by atoms with Gasteiger partial charge in [0.1, 0.15) is 5.82 Å². The van der Waals surface area contributed by atoms with Gasteiger partial charge in [-0.05, 0) is 17.7 Å². The van der Waals surface area contributed by atoms with Crippen LogP contribution in [-0.4, -0.2) is 17.3 Å². The van der Waals surface area contributed by atoms with Crippen molar-refractivity contribution in [2.75, 3.05) is 7.11 Å². The van der Waals surface area contributed by atoms with E-state index in [1.807, 2.05) is 0 Å². The molecular weight excluding hydrogens is 211 g/mol. The first kappa shape index (κ1) is 10.4. The predicted octanol–water partition coefficient (Wildman–Crippen LogP) is 1.58. The third-order valence-electron chi connectivity index (χ3n) is 2.15. The molecule has 1 N–H and O–H groups in total. The van der Waals surface area contributed by atoms with Crippen molar-refractivity contribution in [2.45, 2.75) is 0 Å². The Bertz CT molecular complexity index is 566. The fraction of sp³-hybridized carbons (Fsp3) is 0.0909. The van der Waals surface area contributed by atoms with Crippen LogP contribution in [-0.2, 0) is 0 Å². The van der Waals surface area contributed by atoms with E-state index in [1.165, 1.54) is 25.4 Å². The average molecular weight is 220 g/mol. The van der Waals surface area contributed by atoms with E-state index in [0.29, 0.717) is 11.1 Å². The highest BCUT2D eigenvalue weighted by atomic mass is 19.1. The average Bonchev–Trinajstić information content (AvgIpc) is 2.28. The first-order valence-corrected chi connectivity index (χ1v) is 4.60. The Morgan fingerprint density at radius 2 is 2.25 bits per heavy atom. The van der Waals surface area contributed by atoms with Gasteiger partial charge in [0, 0.05) is 5.56 Å². The van der Waals surface area contributed by atoms with Crippen LogP contribution in [0.2, 0.25) is 0 Å². The zero-order valence-corrected chi connectivity index (χ0v) is 8.53. The normalized spacial score (nSPS) is 10.1. The molecule has 0 saturated heterocycles. The molecule has 1 aromatic heterocycles. The number of H-pyrrole nitrogens is 1. The lowest BCUT2D eigenvalue weighted by Crippen LogP contribution is -2.11.